The fourth-order valence-corrected chi connectivity index (χ4v) is 4.69. The van der Waals surface area contributed by atoms with Gasteiger partial charge in [-0.05, 0) is 67.9 Å². The van der Waals surface area contributed by atoms with Gasteiger partial charge in [0.1, 0.15) is 0 Å². The molecule has 0 spiro atoms. The maximum atomic E-state index is 12.8. The van der Waals surface area contributed by atoms with Crippen molar-refractivity contribution in [1.82, 2.24) is 4.98 Å². The zero-order valence-corrected chi connectivity index (χ0v) is 18.0. The van der Waals surface area contributed by atoms with Crippen molar-refractivity contribution in [2.24, 2.45) is 0 Å². The number of nitrogens with one attached hydrogen (secondary N) is 1. The largest absolute Gasteiger partial charge is 0.392 e. The lowest BCUT2D eigenvalue weighted by Crippen LogP contribution is -2.19. The summed E-state index contributed by atoms with van der Waals surface area (Å²) in [7, 11) is -3.63. The molecular formula is C22H21ClN2O4S. The summed E-state index contributed by atoms with van der Waals surface area (Å²) in [6.45, 7) is 3.08. The van der Waals surface area contributed by atoms with Crippen LogP contribution in [0.5, 0.6) is 0 Å². The predicted octanol–water partition coefficient (Wildman–Crippen LogP) is 4.12. The molecule has 0 bridgehead atoms. The summed E-state index contributed by atoms with van der Waals surface area (Å²) in [5.41, 5.74) is 2.77. The molecule has 0 aliphatic carbocycles. The first-order valence-corrected chi connectivity index (χ1v) is 11.2. The maximum Gasteiger partial charge on any atom is 0.255 e. The fraction of sp³-hybridized carbons (Fsp3) is 0.182. The fourth-order valence-electron chi connectivity index (χ4n) is 3.02. The van der Waals surface area contributed by atoms with Gasteiger partial charge in [-0.25, -0.2) is 8.42 Å². The lowest BCUT2D eigenvalue weighted by atomic mass is 10.1. The van der Waals surface area contributed by atoms with E-state index in [2.05, 4.69) is 10.3 Å². The topological polar surface area (TPSA) is 96.4 Å². The van der Waals surface area contributed by atoms with Crippen molar-refractivity contribution in [2.75, 3.05) is 11.1 Å². The number of anilines is 1. The Hall–Kier alpha value is -2.74. The van der Waals surface area contributed by atoms with E-state index in [0.717, 1.165) is 0 Å². The second-order valence-corrected chi connectivity index (χ2v) is 9.41. The Labute approximate surface area is 180 Å². The van der Waals surface area contributed by atoms with Crippen molar-refractivity contribution < 1.29 is 18.3 Å². The number of benzene rings is 2. The van der Waals surface area contributed by atoms with Crippen LogP contribution in [-0.4, -0.2) is 36.3 Å². The number of pyridine rings is 1. The van der Waals surface area contributed by atoms with Crippen LogP contribution in [0.25, 0.3) is 11.3 Å². The first-order valence-electron chi connectivity index (χ1n) is 9.21. The number of carbonyl (C=O) groups is 1. The quantitative estimate of drug-likeness (QED) is 0.596. The second-order valence-electron chi connectivity index (χ2n) is 6.97. The minimum Gasteiger partial charge on any atom is -0.392 e. The molecular weight excluding hydrogens is 424 g/mol. The third-order valence-electron chi connectivity index (χ3n) is 4.43. The molecule has 3 rings (SSSR count). The molecule has 1 aromatic heterocycles. The molecule has 1 unspecified atom stereocenters. The first-order chi connectivity index (χ1) is 14.2. The molecule has 6 nitrogen and oxygen atoms in total. The van der Waals surface area contributed by atoms with Gasteiger partial charge in [-0.2, -0.15) is 0 Å². The Bertz CT molecular complexity index is 1180. The molecule has 1 amide bonds. The molecule has 0 saturated heterocycles. The molecule has 0 radical (unpaired) electrons. The Morgan fingerprint density at radius 2 is 1.93 bits per heavy atom. The Morgan fingerprint density at radius 1 is 1.17 bits per heavy atom. The highest BCUT2D eigenvalue weighted by molar-refractivity contribution is 7.91. The van der Waals surface area contributed by atoms with Gasteiger partial charge in [0.15, 0.2) is 9.84 Å². The summed E-state index contributed by atoms with van der Waals surface area (Å²) in [6.07, 6.45) is 0.685. The first kappa shape index (κ1) is 22.0. The summed E-state index contributed by atoms with van der Waals surface area (Å²) >= 11 is 6.28. The van der Waals surface area contributed by atoms with Crippen LogP contribution >= 0.6 is 11.6 Å². The molecule has 2 aromatic carbocycles. The molecule has 0 aliphatic rings. The molecule has 0 aliphatic heterocycles. The lowest BCUT2D eigenvalue weighted by molar-refractivity contribution is 0.102. The van der Waals surface area contributed by atoms with Crippen LogP contribution in [-0.2, 0) is 9.84 Å². The van der Waals surface area contributed by atoms with E-state index in [4.69, 9.17) is 11.6 Å². The summed E-state index contributed by atoms with van der Waals surface area (Å²) in [6, 6.07) is 14.9. The molecule has 0 saturated carbocycles. The van der Waals surface area contributed by atoms with Gasteiger partial charge >= 0.3 is 0 Å². The molecule has 30 heavy (non-hydrogen) atoms. The zero-order valence-electron chi connectivity index (χ0n) is 16.5. The van der Waals surface area contributed by atoms with Crippen LogP contribution < -0.4 is 5.32 Å². The van der Waals surface area contributed by atoms with Gasteiger partial charge in [-0.3, -0.25) is 9.78 Å². The van der Waals surface area contributed by atoms with E-state index in [1.807, 2.05) is 12.1 Å². The number of amides is 1. The monoisotopic (exact) mass is 444 g/mol. The van der Waals surface area contributed by atoms with Crippen LogP contribution in [0.3, 0.4) is 0 Å². The van der Waals surface area contributed by atoms with Crippen molar-refractivity contribution in [3.63, 3.8) is 0 Å². The third kappa shape index (κ3) is 5.05. The van der Waals surface area contributed by atoms with E-state index in [1.54, 1.807) is 37.4 Å². The van der Waals surface area contributed by atoms with Crippen molar-refractivity contribution in [3.8, 4) is 11.3 Å². The van der Waals surface area contributed by atoms with Crippen LogP contribution in [0, 0.1) is 6.92 Å². The highest BCUT2D eigenvalue weighted by Gasteiger charge is 2.19. The summed E-state index contributed by atoms with van der Waals surface area (Å²) in [4.78, 5) is 17.1. The van der Waals surface area contributed by atoms with E-state index in [0.29, 0.717) is 33.1 Å². The number of rotatable bonds is 6. The lowest BCUT2D eigenvalue weighted by Gasteiger charge is -2.12. The van der Waals surface area contributed by atoms with Gasteiger partial charge in [0, 0.05) is 23.0 Å². The number of aromatic nitrogens is 1. The third-order valence-corrected chi connectivity index (χ3v) is 6.65. The van der Waals surface area contributed by atoms with Gasteiger partial charge in [-0.1, -0.05) is 17.7 Å². The van der Waals surface area contributed by atoms with Gasteiger partial charge in [-0.15, -0.1) is 0 Å². The van der Waals surface area contributed by atoms with Gasteiger partial charge in [0.25, 0.3) is 5.91 Å². The molecule has 3 aromatic rings. The molecule has 2 N–H and O–H groups in total. The number of hydrogen-bond donors (Lipinski definition) is 2. The zero-order chi connectivity index (χ0) is 21.9. The van der Waals surface area contributed by atoms with Crippen LogP contribution in [0.2, 0.25) is 5.02 Å². The van der Waals surface area contributed by atoms with E-state index < -0.39 is 15.9 Å². The number of aliphatic hydroxyl groups excluding tert-OH is 1. The second kappa shape index (κ2) is 8.95. The summed E-state index contributed by atoms with van der Waals surface area (Å²) < 4.78 is 24.6. The Balaban J connectivity index is 1.85. The molecule has 0 fully saturated rings. The SMILES string of the molecule is Cc1cc(S(=O)(=O)CC(C)O)ccc1C(=O)Nc1ccc(Cl)c(-c2ccccn2)c1. The van der Waals surface area contributed by atoms with Crippen LogP contribution in [0.15, 0.2) is 65.7 Å². The van der Waals surface area contributed by atoms with E-state index >= 15 is 0 Å². The van der Waals surface area contributed by atoms with Crippen molar-refractivity contribution >= 4 is 33.0 Å². The highest BCUT2D eigenvalue weighted by atomic mass is 35.5. The number of hydrogen-bond acceptors (Lipinski definition) is 5. The standard InChI is InChI=1S/C22H21ClN2O4S/c1-14-11-17(30(28,29)13-15(2)26)7-8-18(14)22(27)25-16-6-9-20(23)19(12-16)21-5-3-4-10-24-21/h3-12,15,26H,13H2,1-2H3,(H,25,27). The van der Waals surface area contributed by atoms with E-state index in [9.17, 15) is 18.3 Å². The molecule has 156 valence electrons. The van der Waals surface area contributed by atoms with Crippen LogP contribution in [0.4, 0.5) is 5.69 Å². The molecule has 8 heteroatoms. The Morgan fingerprint density at radius 3 is 2.57 bits per heavy atom. The number of nitrogens with zero attached hydrogens (tertiary/aromatic N) is 1. The van der Waals surface area contributed by atoms with Gasteiger partial charge in [0.05, 0.1) is 27.5 Å². The van der Waals surface area contributed by atoms with Crippen molar-refractivity contribution in [1.29, 1.82) is 0 Å². The number of aryl methyl sites for hydroxylation is 1. The maximum absolute atomic E-state index is 12.8. The van der Waals surface area contributed by atoms with Crippen molar-refractivity contribution in [3.05, 3.63) is 76.9 Å². The summed E-state index contributed by atoms with van der Waals surface area (Å²) in [5.74, 6) is -0.750. The van der Waals surface area contributed by atoms with E-state index in [-0.39, 0.29) is 16.6 Å². The number of aliphatic hydroxyl groups is 1. The Kier molecular flexibility index (Phi) is 6.55. The van der Waals surface area contributed by atoms with E-state index in [1.165, 1.54) is 25.1 Å². The average molecular weight is 445 g/mol. The molecule has 1 atom stereocenters. The average Bonchev–Trinajstić information content (AvgIpc) is 2.69. The highest BCUT2D eigenvalue weighted by Crippen LogP contribution is 2.29. The minimum atomic E-state index is -3.63. The van der Waals surface area contributed by atoms with Gasteiger partial charge in [0.2, 0.25) is 0 Å². The predicted molar refractivity (Wildman–Crippen MR) is 118 cm³/mol. The molecule has 1 heterocycles. The summed E-state index contributed by atoms with van der Waals surface area (Å²) in [5, 5.41) is 12.7. The van der Waals surface area contributed by atoms with Crippen LogP contribution in [0.1, 0.15) is 22.8 Å². The number of halogens is 1. The smallest absolute Gasteiger partial charge is 0.255 e. The normalized spacial score (nSPS) is 12.4. The van der Waals surface area contributed by atoms with Crippen molar-refractivity contribution in [2.45, 2.75) is 24.8 Å². The number of carbonyl (C=O) groups excluding carboxylic acids is 1. The van der Waals surface area contributed by atoms with Gasteiger partial charge < -0.3 is 10.4 Å². The number of sulfone groups is 1. The minimum absolute atomic E-state index is 0.0707.